The molecule has 0 aliphatic rings. The summed E-state index contributed by atoms with van der Waals surface area (Å²) in [5.41, 5.74) is 14.5. The molecule has 0 radical (unpaired) electrons. The van der Waals surface area contributed by atoms with Gasteiger partial charge in [-0.3, -0.25) is 9.55 Å². The van der Waals surface area contributed by atoms with E-state index in [1.165, 1.54) is 11.1 Å². The molecule has 0 aliphatic carbocycles. The molecule has 10 aromatic rings. The molecule has 308 valence electrons. The van der Waals surface area contributed by atoms with Gasteiger partial charge in [0, 0.05) is 61.0 Å². The van der Waals surface area contributed by atoms with Crippen LogP contribution in [0.1, 0.15) is 52.7 Å². The Labute approximate surface area is 377 Å². The van der Waals surface area contributed by atoms with Crippen LogP contribution in [0, 0.1) is 6.07 Å². The number of phenols is 1. The number of hydrogen-bond donors (Lipinski definition) is 1. The molecule has 3 heterocycles. The first-order valence-electron chi connectivity index (χ1n) is 21.0. The molecular weight excluding hydrogens is 940 g/mol. The van der Waals surface area contributed by atoms with E-state index < -0.39 is 0 Å². The van der Waals surface area contributed by atoms with E-state index in [-0.39, 0.29) is 37.6 Å². The fourth-order valence-electron chi connectivity index (χ4n) is 8.63. The Hall–Kier alpha value is -6.55. The maximum absolute atomic E-state index is 12.4. The van der Waals surface area contributed by atoms with Gasteiger partial charge in [0.25, 0.3) is 0 Å². The Balaban J connectivity index is 0.00000490. The Kier molecular flexibility index (Phi) is 10.4. The number of phenolic OH excluding ortho intramolecular Hbond substituents is 1. The Morgan fingerprint density at radius 2 is 1.19 bits per heavy atom. The van der Waals surface area contributed by atoms with E-state index in [1.54, 1.807) is 0 Å². The number of aromatic nitrogens is 4. The van der Waals surface area contributed by atoms with Crippen molar-refractivity contribution in [2.24, 2.45) is 0 Å². The van der Waals surface area contributed by atoms with Gasteiger partial charge in [0.1, 0.15) is 11.6 Å². The van der Waals surface area contributed by atoms with Crippen molar-refractivity contribution < 1.29 is 26.2 Å². The minimum absolute atomic E-state index is 0. The van der Waals surface area contributed by atoms with Crippen LogP contribution in [-0.2, 0) is 31.9 Å². The number of pyridine rings is 1. The van der Waals surface area contributed by atoms with Crippen LogP contribution in [0.4, 0.5) is 0 Å². The number of imidazole rings is 1. The number of hydrogen-bond acceptors (Lipinski definition) is 3. The van der Waals surface area contributed by atoms with Gasteiger partial charge in [-0.05, 0) is 70.5 Å². The summed E-state index contributed by atoms with van der Waals surface area (Å²) in [7, 11) is 0. The molecule has 7 aromatic carbocycles. The fraction of sp³-hybridized carbons (Fsp3) is 0.143. The fourth-order valence-corrected chi connectivity index (χ4v) is 8.63. The zero-order valence-electron chi connectivity index (χ0n) is 35.7. The molecule has 62 heavy (non-hydrogen) atoms. The number of nitrogens with zero attached hydrogens (tertiary/aromatic N) is 4. The van der Waals surface area contributed by atoms with Crippen LogP contribution in [0.15, 0.2) is 170 Å². The van der Waals surface area contributed by atoms with Gasteiger partial charge in [-0.2, -0.15) is 0 Å². The molecular formula is C56H47N4OPt-. The molecule has 0 saturated heterocycles. The number of benzene rings is 7. The monoisotopic (exact) mass is 986 g/mol. The first kappa shape index (κ1) is 40.8. The second-order valence-corrected chi connectivity index (χ2v) is 18.0. The molecule has 0 aliphatic heterocycles. The average molecular weight is 987 g/mol. The van der Waals surface area contributed by atoms with E-state index in [9.17, 15) is 5.11 Å². The molecule has 5 nitrogen and oxygen atoms in total. The number of aromatic hydroxyl groups is 1. The van der Waals surface area contributed by atoms with Crippen LogP contribution in [0.25, 0.3) is 89.1 Å². The van der Waals surface area contributed by atoms with E-state index in [0.717, 1.165) is 77.7 Å². The average Bonchev–Trinajstić information content (AvgIpc) is 3.81. The minimum atomic E-state index is -0.134. The molecule has 0 bridgehead atoms. The van der Waals surface area contributed by atoms with Crippen molar-refractivity contribution in [2.75, 3.05) is 0 Å². The molecule has 0 fully saturated rings. The third-order valence-corrected chi connectivity index (χ3v) is 11.9. The van der Waals surface area contributed by atoms with Crippen molar-refractivity contribution in [1.82, 2.24) is 19.1 Å². The normalized spacial score (nSPS) is 12.0. The molecule has 0 amide bonds. The summed E-state index contributed by atoms with van der Waals surface area (Å²) in [5, 5.41) is 14.5. The minimum Gasteiger partial charge on any atom is -0.507 e. The molecule has 0 unspecified atom stereocenters. The maximum atomic E-state index is 12.4. The summed E-state index contributed by atoms with van der Waals surface area (Å²) in [6.45, 7) is 13.5. The standard InChI is InChI=1S/C56H47N4O.Pt/c1-55(2,3)39-27-28-49(44(33-39)36-18-9-7-10-19-36)60-50-26-17-23-42(37-30-38(47-24-15-16-29-57-47)32-40(31-37)56(4,5)6)53(50)58-54(60)46-34-45-43-22-13-14-25-48(43)59(51(45)35-52(46)61)41-20-11-8-12-21-41;/h7-29,31-35,61H,1-6H3;/q-1;. The maximum Gasteiger partial charge on any atom is 0.148 e. The van der Waals surface area contributed by atoms with Crippen LogP contribution in [0.2, 0.25) is 0 Å². The summed E-state index contributed by atoms with van der Waals surface area (Å²) in [6, 6.07) is 60.8. The quantitative estimate of drug-likeness (QED) is 0.169. The van der Waals surface area contributed by atoms with Crippen LogP contribution >= 0.6 is 0 Å². The zero-order valence-corrected chi connectivity index (χ0v) is 38.0. The van der Waals surface area contributed by atoms with Gasteiger partial charge in [-0.25, -0.2) is 4.98 Å². The third kappa shape index (κ3) is 7.15. The molecule has 0 spiro atoms. The van der Waals surface area contributed by atoms with E-state index in [0.29, 0.717) is 11.4 Å². The van der Waals surface area contributed by atoms with Gasteiger partial charge >= 0.3 is 0 Å². The van der Waals surface area contributed by atoms with Gasteiger partial charge in [0.15, 0.2) is 0 Å². The van der Waals surface area contributed by atoms with Crippen LogP contribution in [0.3, 0.4) is 0 Å². The van der Waals surface area contributed by atoms with Gasteiger partial charge in [0.05, 0.1) is 33.3 Å². The summed E-state index contributed by atoms with van der Waals surface area (Å²) in [5.74, 6) is 0.799. The van der Waals surface area contributed by atoms with Crippen LogP contribution < -0.4 is 0 Å². The van der Waals surface area contributed by atoms with E-state index in [2.05, 4.69) is 178 Å². The smallest absolute Gasteiger partial charge is 0.148 e. The van der Waals surface area contributed by atoms with Crippen molar-refractivity contribution in [3.63, 3.8) is 0 Å². The van der Waals surface area contributed by atoms with E-state index in [1.807, 2.05) is 48.7 Å². The summed E-state index contributed by atoms with van der Waals surface area (Å²) in [6.07, 6.45) is 1.83. The Morgan fingerprint density at radius 3 is 1.92 bits per heavy atom. The second kappa shape index (κ2) is 15.7. The first-order chi connectivity index (χ1) is 29.4. The van der Waals surface area contributed by atoms with Crippen LogP contribution in [-0.4, -0.2) is 24.2 Å². The first-order valence-corrected chi connectivity index (χ1v) is 21.0. The van der Waals surface area contributed by atoms with Gasteiger partial charge in [-0.1, -0.05) is 150 Å². The van der Waals surface area contributed by atoms with E-state index >= 15 is 0 Å². The summed E-state index contributed by atoms with van der Waals surface area (Å²) < 4.78 is 4.48. The summed E-state index contributed by atoms with van der Waals surface area (Å²) in [4.78, 5) is 10.3. The third-order valence-electron chi connectivity index (χ3n) is 11.9. The van der Waals surface area contributed by atoms with Crippen molar-refractivity contribution >= 4 is 32.8 Å². The Bertz CT molecular complexity index is 3260. The zero-order chi connectivity index (χ0) is 42.0. The topological polar surface area (TPSA) is 55.9 Å². The SMILES string of the molecule is CC(C)(C)c1cc(-c2ccccn2)[c-]c(-c2cccc3c2nc(-c2cc4c5ccccc5n(-c5ccccc5)c4cc2O)n3-c2ccc(C(C)(C)C)cc2-c2ccccc2)c1.[Pt]. The molecule has 10 rings (SSSR count). The molecule has 1 N–H and O–H groups in total. The van der Waals surface area contributed by atoms with Crippen molar-refractivity contribution in [3.8, 4) is 62.0 Å². The van der Waals surface area contributed by atoms with Gasteiger partial charge in [0.2, 0.25) is 0 Å². The van der Waals surface area contributed by atoms with Crippen LogP contribution in [0.5, 0.6) is 5.75 Å². The molecule has 3 aromatic heterocycles. The predicted molar refractivity (Wildman–Crippen MR) is 253 cm³/mol. The second-order valence-electron chi connectivity index (χ2n) is 18.0. The molecule has 0 atom stereocenters. The van der Waals surface area contributed by atoms with Crippen molar-refractivity contribution in [1.29, 1.82) is 0 Å². The van der Waals surface area contributed by atoms with Gasteiger partial charge < -0.3 is 9.67 Å². The Morgan fingerprint density at radius 1 is 0.516 bits per heavy atom. The molecule has 6 heteroatoms. The largest absolute Gasteiger partial charge is 0.507 e. The van der Waals surface area contributed by atoms with E-state index in [4.69, 9.17) is 9.97 Å². The summed E-state index contributed by atoms with van der Waals surface area (Å²) >= 11 is 0. The number of para-hydroxylation sites is 3. The molecule has 0 saturated carbocycles. The van der Waals surface area contributed by atoms with Crippen molar-refractivity contribution in [2.45, 2.75) is 52.4 Å². The number of rotatable bonds is 6. The predicted octanol–water partition coefficient (Wildman–Crippen LogP) is 14.3. The number of fused-ring (bicyclic) bond motifs is 4. The van der Waals surface area contributed by atoms with Gasteiger partial charge in [-0.15, -0.1) is 29.3 Å². The van der Waals surface area contributed by atoms with Crippen molar-refractivity contribution in [3.05, 3.63) is 187 Å².